The lowest BCUT2D eigenvalue weighted by atomic mass is 10.0. The van der Waals surface area contributed by atoms with Gasteiger partial charge < -0.3 is 9.26 Å². The summed E-state index contributed by atoms with van der Waals surface area (Å²) in [6.07, 6.45) is 0.502. The van der Waals surface area contributed by atoms with Crippen LogP contribution in [-0.2, 0) is 4.74 Å². The van der Waals surface area contributed by atoms with Gasteiger partial charge in [-0.05, 0) is 38.5 Å². The van der Waals surface area contributed by atoms with Crippen LogP contribution in [0.3, 0.4) is 0 Å². The van der Waals surface area contributed by atoms with E-state index in [2.05, 4.69) is 5.16 Å². The molecule has 1 atom stereocenters. The zero-order valence-corrected chi connectivity index (χ0v) is 11.3. The molecule has 0 bridgehead atoms. The second kappa shape index (κ2) is 3.98. The van der Waals surface area contributed by atoms with E-state index in [1.54, 1.807) is 4.90 Å². The van der Waals surface area contributed by atoms with Crippen LogP contribution in [0.4, 0.5) is 10.5 Å². The highest BCUT2D eigenvalue weighted by Gasteiger charge is 2.40. The lowest BCUT2D eigenvalue weighted by Crippen LogP contribution is -2.30. The first-order valence-electron chi connectivity index (χ1n) is 6.39. The summed E-state index contributed by atoms with van der Waals surface area (Å²) in [5.41, 5.74) is 1.96. The Kier molecular flexibility index (Phi) is 2.52. The molecule has 1 aromatic heterocycles. The quantitative estimate of drug-likeness (QED) is 0.831. The van der Waals surface area contributed by atoms with Gasteiger partial charge in [-0.15, -0.1) is 0 Å². The fraction of sp³-hybridized carbons (Fsp3) is 0.429. The Labute approximate surface area is 111 Å². The van der Waals surface area contributed by atoms with E-state index in [0.717, 1.165) is 28.8 Å². The van der Waals surface area contributed by atoms with Crippen molar-refractivity contribution in [3.05, 3.63) is 23.9 Å². The van der Waals surface area contributed by atoms with Crippen molar-refractivity contribution in [3.63, 3.8) is 0 Å². The van der Waals surface area contributed by atoms with E-state index in [-0.39, 0.29) is 6.09 Å². The molecule has 0 spiro atoms. The van der Waals surface area contributed by atoms with Gasteiger partial charge in [-0.1, -0.05) is 12.1 Å². The fourth-order valence-corrected chi connectivity index (χ4v) is 2.29. The first-order valence-corrected chi connectivity index (χ1v) is 6.39. The number of cyclic esters (lactones) is 1. The summed E-state index contributed by atoms with van der Waals surface area (Å²) >= 11 is 0. The van der Waals surface area contributed by atoms with Crippen molar-refractivity contribution < 1.29 is 14.1 Å². The van der Waals surface area contributed by atoms with E-state index in [1.807, 2.05) is 39.0 Å². The SMILES string of the molecule is CC[C@]1(C)CN(c2ccc3onc(C)c3c2)C(=O)O1. The van der Waals surface area contributed by atoms with Gasteiger partial charge in [0.1, 0.15) is 5.60 Å². The summed E-state index contributed by atoms with van der Waals surface area (Å²) in [5, 5.41) is 4.84. The maximum atomic E-state index is 12.0. The number of nitrogens with zero attached hydrogens (tertiary/aromatic N) is 2. The molecule has 19 heavy (non-hydrogen) atoms. The van der Waals surface area contributed by atoms with Gasteiger partial charge >= 0.3 is 6.09 Å². The number of benzene rings is 1. The van der Waals surface area contributed by atoms with Crippen LogP contribution < -0.4 is 4.90 Å². The second-order valence-corrected chi connectivity index (χ2v) is 5.21. The molecule has 0 unspecified atom stereocenters. The molecule has 1 aromatic carbocycles. The normalized spacial score (nSPS) is 23.1. The van der Waals surface area contributed by atoms with E-state index in [4.69, 9.17) is 9.26 Å². The lowest BCUT2D eigenvalue weighted by molar-refractivity contribution is 0.0692. The number of hydrogen-bond acceptors (Lipinski definition) is 4. The number of aromatic nitrogens is 1. The number of aryl methyl sites for hydroxylation is 1. The number of hydrogen-bond donors (Lipinski definition) is 0. The standard InChI is InChI=1S/C14H16N2O3/c1-4-14(3)8-16(13(17)18-14)10-5-6-12-11(7-10)9(2)15-19-12/h5-7H,4,8H2,1-3H3/t14-/m1/s1. The van der Waals surface area contributed by atoms with Crippen LogP contribution in [0.1, 0.15) is 26.0 Å². The van der Waals surface area contributed by atoms with Crippen LogP contribution in [0.25, 0.3) is 11.0 Å². The fourth-order valence-electron chi connectivity index (χ4n) is 2.29. The average Bonchev–Trinajstić information content (AvgIpc) is 2.91. The zero-order valence-electron chi connectivity index (χ0n) is 11.3. The molecule has 0 N–H and O–H groups in total. The number of carbonyl (C=O) groups excluding carboxylic acids is 1. The maximum absolute atomic E-state index is 12.0. The number of fused-ring (bicyclic) bond motifs is 1. The number of anilines is 1. The molecule has 100 valence electrons. The summed E-state index contributed by atoms with van der Waals surface area (Å²) in [7, 11) is 0. The van der Waals surface area contributed by atoms with Crippen molar-refractivity contribution in [1.82, 2.24) is 5.16 Å². The van der Waals surface area contributed by atoms with Gasteiger partial charge in [-0.25, -0.2) is 4.79 Å². The Bertz CT molecular complexity index is 649. The van der Waals surface area contributed by atoms with Crippen molar-refractivity contribution in [2.45, 2.75) is 32.8 Å². The van der Waals surface area contributed by atoms with Crippen molar-refractivity contribution in [2.75, 3.05) is 11.4 Å². The molecule has 5 nitrogen and oxygen atoms in total. The van der Waals surface area contributed by atoms with E-state index in [0.29, 0.717) is 6.54 Å². The van der Waals surface area contributed by atoms with Crippen LogP contribution in [-0.4, -0.2) is 23.4 Å². The molecule has 1 saturated heterocycles. The minimum atomic E-state index is -0.407. The molecule has 2 heterocycles. The van der Waals surface area contributed by atoms with Gasteiger partial charge in [0, 0.05) is 11.1 Å². The number of rotatable bonds is 2. The molecule has 1 aliphatic heterocycles. The van der Waals surface area contributed by atoms with E-state index in [1.165, 1.54) is 0 Å². The van der Waals surface area contributed by atoms with E-state index in [9.17, 15) is 4.79 Å². The van der Waals surface area contributed by atoms with Crippen LogP contribution in [0.5, 0.6) is 0 Å². The predicted molar refractivity (Wildman–Crippen MR) is 71.3 cm³/mol. The highest BCUT2D eigenvalue weighted by atomic mass is 16.6. The molecule has 0 radical (unpaired) electrons. The Balaban J connectivity index is 2.00. The summed E-state index contributed by atoms with van der Waals surface area (Å²) in [6, 6.07) is 5.61. The Morgan fingerprint density at radius 2 is 2.26 bits per heavy atom. The summed E-state index contributed by atoms with van der Waals surface area (Å²) in [4.78, 5) is 13.6. The highest BCUT2D eigenvalue weighted by Crippen LogP contribution is 2.32. The van der Waals surface area contributed by atoms with Crippen LogP contribution in [0.2, 0.25) is 0 Å². The van der Waals surface area contributed by atoms with Crippen LogP contribution in [0.15, 0.2) is 22.7 Å². The summed E-state index contributed by atoms with van der Waals surface area (Å²) in [5.74, 6) is 0. The van der Waals surface area contributed by atoms with E-state index >= 15 is 0 Å². The van der Waals surface area contributed by atoms with Gasteiger partial charge in [0.25, 0.3) is 0 Å². The summed E-state index contributed by atoms with van der Waals surface area (Å²) in [6.45, 7) is 6.42. The molecule has 1 fully saturated rings. The molecule has 1 aliphatic rings. The third kappa shape index (κ3) is 1.85. The largest absolute Gasteiger partial charge is 0.441 e. The van der Waals surface area contributed by atoms with Gasteiger partial charge in [0.2, 0.25) is 0 Å². The number of carbonyl (C=O) groups is 1. The number of amides is 1. The maximum Gasteiger partial charge on any atom is 0.415 e. The molecule has 5 heteroatoms. The van der Waals surface area contributed by atoms with Gasteiger partial charge in [-0.2, -0.15) is 0 Å². The third-order valence-electron chi connectivity index (χ3n) is 3.74. The first-order chi connectivity index (χ1) is 9.02. The van der Waals surface area contributed by atoms with Crippen molar-refractivity contribution in [3.8, 4) is 0 Å². The van der Waals surface area contributed by atoms with Crippen molar-refractivity contribution >= 4 is 22.7 Å². The second-order valence-electron chi connectivity index (χ2n) is 5.21. The topological polar surface area (TPSA) is 55.6 Å². The molecule has 3 rings (SSSR count). The monoisotopic (exact) mass is 260 g/mol. The number of ether oxygens (including phenoxy) is 1. The van der Waals surface area contributed by atoms with Crippen molar-refractivity contribution in [1.29, 1.82) is 0 Å². The lowest BCUT2D eigenvalue weighted by Gasteiger charge is -2.19. The third-order valence-corrected chi connectivity index (χ3v) is 3.74. The molecule has 0 saturated carbocycles. The van der Waals surface area contributed by atoms with Crippen LogP contribution in [0, 0.1) is 6.92 Å². The summed E-state index contributed by atoms with van der Waals surface area (Å²) < 4.78 is 10.6. The van der Waals surface area contributed by atoms with Crippen LogP contribution >= 0.6 is 0 Å². The van der Waals surface area contributed by atoms with E-state index < -0.39 is 5.60 Å². The zero-order chi connectivity index (χ0) is 13.6. The van der Waals surface area contributed by atoms with Gasteiger partial charge in [0.15, 0.2) is 5.58 Å². The van der Waals surface area contributed by atoms with Gasteiger partial charge in [-0.3, -0.25) is 4.90 Å². The molecule has 0 aliphatic carbocycles. The molecule has 2 aromatic rings. The first kappa shape index (κ1) is 12.0. The van der Waals surface area contributed by atoms with Gasteiger partial charge in [0.05, 0.1) is 12.2 Å². The smallest absolute Gasteiger partial charge is 0.415 e. The predicted octanol–water partition coefficient (Wildman–Crippen LogP) is 3.26. The minimum absolute atomic E-state index is 0.294. The Hall–Kier alpha value is -2.04. The minimum Gasteiger partial charge on any atom is -0.441 e. The molecule has 1 amide bonds. The van der Waals surface area contributed by atoms with Crippen molar-refractivity contribution in [2.24, 2.45) is 0 Å². The highest BCUT2D eigenvalue weighted by molar-refractivity contribution is 5.93. The Morgan fingerprint density at radius 3 is 2.95 bits per heavy atom. The molecular formula is C14H16N2O3. The molecular weight excluding hydrogens is 244 g/mol. The Morgan fingerprint density at radius 1 is 1.47 bits per heavy atom. The average molecular weight is 260 g/mol.